The van der Waals surface area contributed by atoms with Gasteiger partial charge in [-0.05, 0) is 55.2 Å². The minimum Gasteiger partial charge on any atom is -0.325 e. The van der Waals surface area contributed by atoms with Crippen LogP contribution in [0.4, 0.5) is 11.4 Å². The average Bonchev–Trinajstić information content (AvgIpc) is 3.00. The molecule has 1 N–H and O–H groups in total. The smallest absolute Gasteiger partial charge is 0.239 e. The van der Waals surface area contributed by atoms with E-state index in [1.165, 1.54) is 17.9 Å². The van der Waals surface area contributed by atoms with E-state index < -0.39 is 21.5 Å². The Morgan fingerprint density at radius 1 is 1.18 bits per heavy atom. The molecule has 8 heteroatoms. The maximum Gasteiger partial charge on any atom is 0.239 e. The molecular weight excluding hydrogens is 444 g/mol. The van der Waals surface area contributed by atoms with E-state index in [9.17, 15) is 18.0 Å². The Morgan fingerprint density at radius 3 is 2.57 bits per heavy atom. The lowest BCUT2D eigenvalue weighted by Gasteiger charge is -2.19. The molecule has 2 aromatic rings. The van der Waals surface area contributed by atoms with E-state index in [-0.39, 0.29) is 10.8 Å². The summed E-state index contributed by atoms with van der Waals surface area (Å²) in [6.07, 6.45) is 0.575. The van der Waals surface area contributed by atoms with Gasteiger partial charge < -0.3 is 10.2 Å². The number of halogens is 1. The second kappa shape index (κ2) is 7.67. The minimum atomic E-state index is -3.95. The lowest BCUT2D eigenvalue weighted by Crippen LogP contribution is -2.29. The Morgan fingerprint density at radius 2 is 1.89 bits per heavy atom. The van der Waals surface area contributed by atoms with Crippen molar-refractivity contribution >= 4 is 49.0 Å². The lowest BCUT2D eigenvalue weighted by atomic mass is 10.1. The van der Waals surface area contributed by atoms with Crippen LogP contribution in [0.25, 0.3) is 0 Å². The van der Waals surface area contributed by atoms with Crippen LogP contribution in [0.2, 0.25) is 0 Å². The zero-order valence-electron chi connectivity index (χ0n) is 15.9. The van der Waals surface area contributed by atoms with Crippen molar-refractivity contribution in [3.05, 3.63) is 51.5 Å². The van der Waals surface area contributed by atoms with Crippen molar-refractivity contribution < 1.29 is 18.0 Å². The number of nitrogens with zero attached hydrogens (tertiary/aromatic N) is 1. The average molecular weight is 465 g/mol. The molecule has 2 aromatic carbocycles. The van der Waals surface area contributed by atoms with Gasteiger partial charge in [-0.2, -0.15) is 0 Å². The van der Waals surface area contributed by atoms with Gasteiger partial charge in [-0.3, -0.25) is 9.59 Å². The molecule has 0 spiro atoms. The molecule has 0 saturated heterocycles. The largest absolute Gasteiger partial charge is 0.325 e. The van der Waals surface area contributed by atoms with Crippen molar-refractivity contribution in [2.24, 2.45) is 0 Å². The summed E-state index contributed by atoms with van der Waals surface area (Å²) >= 11 is 3.33. The fourth-order valence-electron chi connectivity index (χ4n) is 3.33. The molecule has 1 aliphatic rings. The number of rotatable bonds is 4. The maximum absolute atomic E-state index is 13.0. The molecule has 0 saturated carbocycles. The van der Waals surface area contributed by atoms with E-state index in [0.29, 0.717) is 28.8 Å². The van der Waals surface area contributed by atoms with Crippen LogP contribution in [-0.2, 0) is 25.8 Å². The monoisotopic (exact) mass is 464 g/mol. The highest BCUT2D eigenvalue weighted by atomic mass is 79.9. The topological polar surface area (TPSA) is 83.6 Å². The zero-order chi connectivity index (χ0) is 20.6. The van der Waals surface area contributed by atoms with E-state index in [4.69, 9.17) is 0 Å². The molecule has 0 bridgehead atoms. The summed E-state index contributed by atoms with van der Waals surface area (Å²) < 4.78 is 26.7. The molecule has 6 nitrogen and oxygen atoms in total. The van der Waals surface area contributed by atoms with E-state index in [1.807, 2.05) is 32.0 Å². The van der Waals surface area contributed by atoms with E-state index in [1.54, 1.807) is 6.07 Å². The number of nitrogens with one attached hydrogen (secondary N) is 1. The van der Waals surface area contributed by atoms with Crippen LogP contribution in [0.3, 0.4) is 0 Å². The van der Waals surface area contributed by atoms with Crippen LogP contribution in [0, 0.1) is 13.8 Å². The van der Waals surface area contributed by atoms with E-state index in [2.05, 4.69) is 21.2 Å². The normalized spacial score (nSPS) is 13.4. The third-order valence-corrected chi connectivity index (χ3v) is 6.78. The summed E-state index contributed by atoms with van der Waals surface area (Å²) in [6, 6.07) is 8.86. The number of carbonyl (C=O) groups is 2. The molecule has 0 atom stereocenters. The van der Waals surface area contributed by atoms with Crippen molar-refractivity contribution in [1.82, 2.24) is 0 Å². The Bertz CT molecular complexity index is 1080. The second-order valence-electron chi connectivity index (χ2n) is 6.96. The summed E-state index contributed by atoms with van der Waals surface area (Å²) in [5.74, 6) is -1.54. The molecule has 0 fully saturated rings. The Kier molecular flexibility index (Phi) is 5.63. The molecular formula is C20H21BrN2O4S. The maximum atomic E-state index is 13.0. The van der Waals surface area contributed by atoms with Gasteiger partial charge >= 0.3 is 0 Å². The standard InChI is InChI=1S/C20H21BrN2O4S/c1-12-4-5-13(2)17(8-12)22-19(25)11-28(26,27)18-10-16(21)9-15-6-7-23(14(3)24)20(15)18/h4-5,8-10H,6-7,11H2,1-3H3,(H,22,25). The molecule has 0 unspecified atom stereocenters. The summed E-state index contributed by atoms with van der Waals surface area (Å²) in [6.45, 7) is 5.57. The molecule has 1 heterocycles. The first-order valence-corrected chi connectivity index (χ1v) is 11.2. The quantitative estimate of drug-likeness (QED) is 0.751. The highest BCUT2D eigenvalue weighted by molar-refractivity contribution is 9.10. The number of amides is 2. The first-order chi connectivity index (χ1) is 13.1. The van der Waals surface area contributed by atoms with Crippen LogP contribution in [0.15, 0.2) is 39.7 Å². The molecule has 28 heavy (non-hydrogen) atoms. The Hall–Kier alpha value is -2.19. The van der Waals surface area contributed by atoms with Crippen LogP contribution in [0.5, 0.6) is 0 Å². The number of carbonyl (C=O) groups excluding carboxylic acids is 2. The SMILES string of the molecule is CC(=O)N1CCc2cc(Br)cc(S(=O)(=O)CC(=O)Nc3cc(C)ccc3C)c21. The number of anilines is 2. The van der Waals surface area contributed by atoms with Crippen molar-refractivity contribution in [3.8, 4) is 0 Å². The van der Waals surface area contributed by atoms with Gasteiger partial charge in [-0.15, -0.1) is 0 Å². The van der Waals surface area contributed by atoms with Gasteiger partial charge in [0.05, 0.1) is 10.6 Å². The van der Waals surface area contributed by atoms with Crippen molar-refractivity contribution in [2.45, 2.75) is 32.1 Å². The number of hydrogen-bond acceptors (Lipinski definition) is 4. The third-order valence-electron chi connectivity index (χ3n) is 4.70. The van der Waals surface area contributed by atoms with Gasteiger partial charge in [0.2, 0.25) is 11.8 Å². The lowest BCUT2D eigenvalue weighted by molar-refractivity contribution is -0.116. The van der Waals surface area contributed by atoms with Crippen LogP contribution < -0.4 is 10.2 Å². The molecule has 1 aliphatic heterocycles. The number of benzene rings is 2. The van der Waals surface area contributed by atoms with Gasteiger partial charge in [0.15, 0.2) is 9.84 Å². The summed E-state index contributed by atoms with van der Waals surface area (Å²) in [5.41, 5.74) is 3.56. The number of aryl methyl sites for hydroxylation is 2. The highest BCUT2D eigenvalue weighted by Crippen LogP contribution is 2.38. The van der Waals surface area contributed by atoms with Crippen molar-refractivity contribution in [1.29, 1.82) is 0 Å². The third kappa shape index (κ3) is 4.12. The van der Waals surface area contributed by atoms with Gasteiger partial charge in [0.1, 0.15) is 5.75 Å². The Labute approximate surface area is 173 Å². The second-order valence-corrected chi connectivity index (χ2v) is 9.83. The number of sulfone groups is 1. The zero-order valence-corrected chi connectivity index (χ0v) is 18.3. The van der Waals surface area contributed by atoms with Crippen LogP contribution in [-0.4, -0.2) is 32.5 Å². The molecule has 0 aromatic heterocycles. The first-order valence-electron chi connectivity index (χ1n) is 8.79. The minimum absolute atomic E-state index is 0.000638. The van der Waals surface area contributed by atoms with Crippen molar-refractivity contribution in [2.75, 3.05) is 22.5 Å². The van der Waals surface area contributed by atoms with Gasteiger partial charge in [-0.1, -0.05) is 28.1 Å². The van der Waals surface area contributed by atoms with Gasteiger partial charge in [0, 0.05) is 23.6 Å². The molecule has 2 amide bonds. The number of fused-ring (bicyclic) bond motifs is 1. The molecule has 148 valence electrons. The predicted octanol–water partition coefficient (Wildman–Crippen LogP) is 3.39. The molecule has 3 rings (SSSR count). The fraction of sp³-hybridized carbons (Fsp3) is 0.300. The van der Waals surface area contributed by atoms with Crippen LogP contribution in [0.1, 0.15) is 23.6 Å². The van der Waals surface area contributed by atoms with Gasteiger partial charge in [-0.25, -0.2) is 8.42 Å². The van der Waals surface area contributed by atoms with E-state index >= 15 is 0 Å². The summed E-state index contributed by atoms with van der Waals surface area (Å²) in [5, 5.41) is 2.68. The predicted molar refractivity (Wildman–Crippen MR) is 112 cm³/mol. The Balaban J connectivity index is 1.93. The first kappa shape index (κ1) is 20.5. The molecule has 0 aliphatic carbocycles. The summed E-state index contributed by atoms with van der Waals surface area (Å²) in [4.78, 5) is 25.9. The highest BCUT2D eigenvalue weighted by Gasteiger charge is 2.32. The van der Waals surface area contributed by atoms with Crippen LogP contribution >= 0.6 is 15.9 Å². The van der Waals surface area contributed by atoms with E-state index in [0.717, 1.165) is 16.7 Å². The van der Waals surface area contributed by atoms with Gasteiger partial charge in [0.25, 0.3) is 0 Å². The summed E-state index contributed by atoms with van der Waals surface area (Å²) in [7, 11) is -3.95. The fourth-order valence-corrected chi connectivity index (χ4v) is 5.40. The number of hydrogen-bond donors (Lipinski definition) is 1. The van der Waals surface area contributed by atoms with Crippen molar-refractivity contribution in [3.63, 3.8) is 0 Å². The molecule has 0 radical (unpaired) electrons.